The summed E-state index contributed by atoms with van der Waals surface area (Å²) in [6, 6.07) is 8.52. The van der Waals surface area contributed by atoms with E-state index in [-0.39, 0.29) is 11.9 Å². The van der Waals surface area contributed by atoms with Crippen molar-refractivity contribution in [3.05, 3.63) is 36.9 Å². The van der Waals surface area contributed by atoms with Crippen LogP contribution < -0.4 is 4.90 Å². The number of carbonyl (C=O) groups excluding carboxylic acids is 1. The molecule has 104 valence electrons. The summed E-state index contributed by atoms with van der Waals surface area (Å²) in [6.07, 6.45) is 1.36. The molecular formula is C15H17N3O2. The van der Waals surface area contributed by atoms with Crippen molar-refractivity contribution in [3.63, 3.8) is 0 Å². The first-order valence-electron chi connectivity index (χ1n) is 6.72. The largest absolute Gasteiger partial charge is 0.423 e. The third kappa shape index (κ3) is 2.15. The number of rotatable bonds is 2. The van der Waals surface area contributed by atoms with Gasteiger partial charge in [-0.25, -0.2) is 0 Å². The number of nitrogens with zero attached hydrogens (tertiary/aromatic N) is 3. The van der Waals surface area contributed by atoms with E-state index in [9.17, 15) is 4.79 Å². The van der Waals surface area contributed by atoms with Crippen LogP contribution in [0.2, 0.25) is 0 Å². The van der Waals surface area contributed by atoms with E-state index in [1.54, 1.807) is 4.90 Å². The third-order valence-electron chi connectivity index (χ3n) is 3.64. The summed E-state index contributed by atoms with van der Waals surface area (Å²) in [6.45, 7) is 7.63. The van der Waals surface area contributed by atoms with Crippen molar-refractivity contribution in [2.75, 3.05) is 24.5 Å². The molecule has 0 unspecified atom stereocenters. The molecule has 0 radical (unpaired) electrons. The fourth-order valence-electron chi connectivity index (χ4n) is 2.55. The van der Waals surface area contributed by atoms with Gasteiger partial charge in [0.25, 0.3) is 6.01 Å². The molecule has 1 saturated heterocycles. The van der Waals surface area contributed by atoms with Crippen molar-refractivity contribution < 1.29 is 9.21 Å². The zero-order valence-electron chi connectivity index (χ0n) is 11.5. The van der Waals surface area contributed by atoms with Gasteiger partial charge in [-0.3, -0.25) is 4.79 Å². The first-order chi connectivity index (χ1) is 9.69. The number of hydrogen-bond donors (Lipinski definition) is 0. The highest BCUT2D eigenvalue weighted by Crippen LogP contribution is 2.24. The van der Waals surface area contributed by atoms with Gasteiger partial charge < -0.3 is 14.2 Å². The Labute approximate surface area is 117 Å². The second-order valence-electron chi connectivity index (χ2n) is 4.99. The molecule has 1 aliphatic rings. The highest BCUT2D eigenvalue weighted by atomic mass is 16.4. The molecule has 0 aliphatic carbocycles. The minimum atomic E-state index is -0.0194. The zero-order chi connectivity index (χ0) is 14.1. The van der Waals surface area contributed by atoms with E-state index in [1.165, 1.54) is 6.08 Å². The monoisotopic (exact) mass is 271 g/mol. The summed E-state index contributed by atoms with van der Waals surface area (Å²) in [7, 11) is 0. The van der Waals surface area contributed by atoms with Gasteiger partial charge in [0.1, 0.15) is 5.52 Å². The molecular weight excluding hydrogens is 254 g/mol. The van der Waals surface area contributed by atoms with Crippen LogP contribution in [0.5, 0.6) is 0 Å². The molecule has 1 aromatic heterocycles. The Hall–Kier alpha value is -2.30. The van der Waals surface area contributed by atoms with Gasteiger partial charge in [-0.15, -0.1) is 0 Å². The van der Waals surface area contributed by atoms with Gasteiger partial charge in [-0.2, -0.15) is 4.98 Å². The second kappa shape index (κ2) is 5.00. The van der Waals surface area contributed by atoms with Gasteiger partial charge >= 0.3 is 0 Å². The molecule has 3 rings (SSSR count). The molecule has 1 amide bonds. The van der Waals surface area contributed by atoms with Crippen LogP contribution in [0.1, 0.15) is 6.92 Å². The number of para-hydroxylation sites is 2. The minimum Gasteiger partial charge on any atom is -0.423 e. The Morgan fingerprint density at radius 3 is 2.95 bits per heavy atom. The molecule has 2 heterocycles. The molecule has 5 nitrogen and oxygen atoms in total. The topological polar surface area (TPSA) is 49.6 Å². The van der Waals surface area contributed by atoms with E-state index >= 15 is 0 Å². The smallest absolute Gasteiger partial charge is 0.298 e. The van der Waals surface area contributed by atoms with Crippen LogP contribution in [0.25, 0.3) is 11.1 Å². The Balaban J connectivity index is 1.81. The minimum absolute atomic E-state index is 0.0194. The molecule has 0 spiro atoms. The van der Waals surface area contributed by atoms with Gasteiger partial charge in [-0.1, -0.05) is 18.7 Å². The van der Waals surface area contributed by atoms with Gasteiger partial charge in [0.2, 0.25) is 5.91 Å². The number of benzene rings is 1. The molecule has 5 heteroatoms. The molecule has 2 aromatic rings. The second-order valence-corrected chi connectivity index (χ2v) is 4.99. The summed E-state index contributed by atoms with van der Waals surface area (Å²) in [5.41, 5.74) is 1.65. The normalized spacial score (nSPS) is 19.4. The van der Waals surface area contributed by atoms with Gasteiger partial charge in [0.15, 0.2) is 5.58 Å². The number of oxazole rings is 1. The summed E-state index contributed by atoms with van der Waals surface area (Å²) < 4.78 is 5.79. The highest BCUT2D eigenvalue weighted by Gasteiger charge is 2.28. The van der Waals surface area contributed by atoms with E-state index in [1.807, 2.05) is 24.3 Å². The summed E-state index contributed by atoms with van der Waals surface area (Å²) in [4.78, 5) is 20.1. The SMILES string of the molecule is C=CC(=O)N1CCN(c2nc3ccccc3o2)[C@H](C)C1. The van der Waals surface area contributed by atoms with Crippen molar-refractivity contribution in [1.29, 1.82) is 0 Å². The molecule has 1 aliphatic heterocycles. The van der Waals surface area contributed by atoms with E-state index in [4.69, 9.17) is 4.42 Å². The maximum absolute atomic E-state index is 11.6. The lowest BCUT2D eigenvalue weighted by Gasteiger charge is -2.38. The van der Waals surface area contributed by atoms with Gasteiger partial charge in [0, 0.05) is 25.7 Å². The Morgan fingerprint density at radius 2 is 2.25 bits per heavy atom. The summed E-state index contributed by atoms with van der Waals surface area (Å²) >= 11 is 0. The molecule has 20 heavy (non-hydrogen) atoms. The van der Waals surface area contributed by atoms with E-state index in [2.05, 4.69) is 23.4 Å². The first kappa shape index (κ1) is 12.7. The standard InChI is InChI=1S/C15H17N3O2/c1-3-14(19)17-8-9-18(11(2)10-17)15-16-12-6-4-5-7-13(12)20-15/h3-7,11H,1,8-10H2,2H3/t11-/m1/s1. The molecule has 1 fully saturated rings. The molecule has 0 bridgehead atoms. The Kier molecular flexibility index (Phi) is 3.18. The number of anilines is 1. The number of aromatic nitrogens is 1. The van der Waals surface area contributed by atoms with Crippen molar-refractivity contribution in [3.8, 4) is 0 Å². The van der Waals surface area contributed by atoms with E-state index < -0.39 is 0 Å². The van der Waals surface area contributed by atoms with Crippen LogP contribution in [-0.4, -0.2) is 41.5 Å². The van der Waals surface area contributed by atoms with Gasteiger partial charge in [-0.05, 0) is 25.1 Å². The Bertz CT molecular complexity index is 616. The quantitative estimate of drug-likeness (QED) is 0.784. The Morgan fingerprint density at radius 1 is 1.45 bits per heavy atom. The molecule has 1 aromatic carbocycles. The average Bonchev–Trinajstić information content (AvgIpc) is 2.89. The lowest BCUT2D eigenvalue weighted by molar-refractivity contribution is -0.126. The van der Waals surface area contributed by atoms with Crippen molar-refractivity contribution >= 4 is 23.0 Å². The predicted molar refractivity (Wildman–Crippen MR) is 77.6 cm³/mol. The van der Waals surface area contributed by atoms with Gasteiger partial charge in [0.05, 0.1) is 0 Å². The first-order valence-corrected chi connectivity index (χ1v) is 6.72. The van der Waals surface area contributed by atoms with Crippen LogP contribution in [0.15, 0.2) is 41.3 Å². The fraction of sp³-hybridized carbons (Fsp3) is 0.333. The van der Waals surface area contributed by atoms with Crippen LogP contribution in [0.3, 0.4) is 0 Å². The average molecular weight is 271 g/mol. The third-order valence-corrected chi connectivity index (χ3v) is 3.64. The van der Waals surface area contributed by atoms with Crippen molar-refractivity contribution in [1.82, 2.24) is 9.88 Å². The number of piperazine rings is 1. The predicted octanol–water partition coefficient (Wildman–Crippen LogP) is 2.05. The number of hydrogen-bond acceptors (Lipinski definition) is 4. The van der Waals surface area contributed by atoms with Crippen molar-refractivity contribution in [2.45, 2.75) is 13.0 Å². The zero-order valence-corrected chi connectivity index (χ0v) is 11.5. The maximum atomic E-state index is 11.6. The summed E-state index contributed by atoms with van der Waals surface area (Å²) in [5.74, 6) is -0.0194. The number of amides is 1. The molecule has 0 saturated carbocycles. The maximum Gasteiger partial charge on any atom is 0.298 e. The lowest BCUT2D eigenvalue weighted by Crippen LogP contribution is -2.53. The van der Waals surface area contributed by atoms with E-state index in [0.29, 0.717) is 25.6 Å². The highest BCUT2D eigenvalue weighted by molar-refractivity contribution is 5.87. The molecule has 0 N–H and O–H groups in total. The number of fused-ring (bicyclic) bond motifs is 1. The van der Waals surface area contributed by atoms with Crippen LogP contribution in [-0.2, 0) is 4.79 Å². The fourth-order valence-corrected chi connectivity index (χ4v) is 2.55. The molecule has 1 atom stereocenters. The van der Waals surface area contributed by atoms with Crippen molar-refractivity contribution in [2.24, 2.45) is 0 Å². The van der Waals surface area contributed by atoms with Crippen LogP contribution in [0.4, 0.5) is 6.01 Å². The number of carbonyl (C=O) groups is 1. The van der Waals surface area contributed by atoms with Crippen LogP contribution in [0, 0.1) is 0 Å². The lowest BCUT2D eigenvalue weighted by atomic mass is 10.2. The summed E-state index contributed by atoms with van der Waals surface area (Å²) in [5, 5.41) is 0. The van der Waals surface area contributed by atoms with Crippen LogP contribution >= 0.6 is 0 Å². The van der Waals surface area contributed by atoms with E-state index in [0.717, 1.165) is 11.1 Å².